The molecule has 1 aliphatic carbocycles. The predicted octanol–water partition coefficient (Wildman–Crippen LogP) is 2.53. The van der Waals surface area contributed by atoms with Gasteiger partial charge in [0.1, 0.15) is 0 Å². The van der Waals surface area contributed by atoms with E-state index >= 15 is 0 Å². The van der Waals surface area contributed by atoms with Crippen molar-refractivity contribution in [1.82, 2.24) is 0 Å². The molecule has 18 heavy (non-hydrogen) atoms. The third kappa shape index (κ3) is 1.75. The van der Waals surface area contributed by atoms with E-state index in [0.29, 0.717) is 12.3 Å². The molecule has 0 unspecified atom stereocenters. The molecule has 2 rings (SSSR count). The van der Waals surface area contributed by atoms with Crippen LogP contribution in [-0.4, -0.2) is 20.8 Å². The Morgan fingerprint density at radius 3 is 2.28 bits per heavy atom. The number of rotatable bonds is 4. The van der Waals surface area contributed by atoms with Crippen molar-refractivity contribution in [3.05, 3.63) is 23.0 Å². The quantitative estimate of drug-likeness (QED) is 0.896. The molecule has 0 saturated heterocycles. The van der Waals surface area contributed by atoms with E-state index in [-0.39, 0.29) is 17.0 Å². The SMILES string of the molecule is COc1c(F)cc(C2(CN)CCC2)c(C)c1OC. The third-order valence-corrected chi connectivity index (χ3v) is 4.12. The van der Waals surface area contributed by atoms with Gasteiger partial charge in [0.15, 0.2) is 17.3 Å². The molecule has 0 aliphatic heterocycles. The molecule has 1 aliphatic rings. The van der Waals surface area contributed by atoms with Crippen molar-refractivity contribution in [1.29, 1.82) is 0 Å². The summed E-state index contributed by atoms with van der Waals surface area (Å²) in [5.74, 6) is 0.271. The number of nitrogens with two attached hydrogens (primary N) is 1. The minimum absolute atomic E-state index is 0.0789. The van der Waals surface area contributed by atoms with Crippen molar-refractivity contribution >= 4 is 0 Å². The Morgan fingerprint density at radius 1 is 1.28 bits per heavy atom. The van der Waals surface area contributed by atoms with Crippen molar-refractivity contribution in [2.75, 3.05) is 20.8 Å². The summed E-state index contributed by atoms with van der Waals surface area (Å²) in [5, 5.41) is 0. The minimum atomic E-state index is -0.380. The van der Waals surface area contributed by atoms with Crippen molar-refractivity contribution in [3.63, 3.8) is 0 Å². The van der Waals surface area contributed by atoms with Crippen LogP contribution in [0.4, 0.5) is 4.39 Å². The number of halogens is 1. The molecular formula is C14H20FNO2. The van der Waals surface area contributed by atoms with Gasteiger partial charge in [-0.2, -0.15) is 0 Å². The van der Waals surface area contributed by atoms with E-state index in [0.717, 1.165) is 30.4 Å². The van der Waals surface area contributed by atoms with E-state index in [1.165, 1.54) is 14.2 Å². The molecule has 1 aromatic carbocycles. The van der Waals surface area contributed by atoms with Gasteiger partial charge < -0.3 is 15.2 Å². The number of benzene rings is 1. The van der Waals surface area contributed by atoms with Crippen LogP contribution in [0.3, 0.4) is 0 Å². The highest BCUT2D eigenvalue weighted by molar-refractivity contribution is 5.54. The smallest absolute Gasteiger partial charge is 0.197 e. The van der Waals surface area contributed by atoms with Crippen LogP contribution in [-0.2, 0) is 5.41 Å². The molecule has 0 atom stereocenters. The van der Waals surface area contributed by atoms with Crippen molar-refractivity contribution in [3.8, 4) is 11.5 Å². The van der Waals surface area contributed by atoms with E-state index < -0.39 is 0 Å². The lowest BCUT2D eigenvalue weighted by Gasteiger charge is -2.42. The molecule has 0 aromatic heterocycles. The predicted molar refractivity (Wildman–Crippen MR) is 68.8 cm³/mol. The van der Waals surface area contributed by atoms with E-state index in [1.54, 1.807) is 6.07 Å². The van der Waals surface area contributed by atoms with Gasteiger partial charge in [-0.15, -0.1) is 0 Å². The Morgan fingerprint density at radius 2 is 1.89 bits per heavy atom. The fraction of sp³-hybridized carbons (Fsp3) is 0.571. The monoisotopic (exact) mass is 253 g/mol. The maximum absolute atomic E-state index is 14.1. The van der Waals surface area contributed by atoms with Crippen LogP contribution in [0.2, 0.25) is 0 Å². The van der Waals surface area contributed by atoms with Crippen LogP contribution in [0.15, 0.2) is 6.07 Å². The molecule has 1 saturated carbocycles. The van der Waals surface area contributed by atoms with Gasteiger partial charge in [0.2, 0.25) is 0 Å². The number of hydrogen-bond acceptors (Lipinski definition) is 3. The van der Waals surface area contributed by atoms with Crippen molar-refractivity contribution in [2.45, 2.75) is 31.6 Å². The van der Waals surface area contributed by atoms with Gasteiger partial charge in [-0.05, 0) is 37.0 Å². The second kappa shape index (κ2) is 4.76. The molecule has 1 fully saturated rings. The first-order valence-electron chi connectivity index (χ1n) is 6.21. The number of hydrogen-bond donors (Lipinski definition) is 1. The summed E-state index contributed by atoms with van der Waals surface area (Å²) in [6.45, 7) is 2.48. The van der Waals surface area contributed by atoms with Gasteiger partial charge in [-0.25, -0.2) is 4.39 Å². The van der Waals surface area contributed by atoms with Crippen LogP contribution >= 0.6 is 0 Å². The van der Waals surface area contributed by atoms with Gasteiger partial charge >= 0.3 is 0 Å². The molecule has 100 valence electrons. The van der Waals surface area contributed by atoms with Crippen molar-refractivity contribution in [2.24, 2.45) is 5.73 Å². The maximum Gasteiger partial charge on any atom is 0.197 e. The lowest BCUT2D eigenvalue weighted by Crippen LogP contribution is -2.42. The van der Waals surface area contributed by atoms with Gasteiger partial charge in [0, 0.05) is 12.0 Å². The highest BCUT2D eigenvalue weighted by atomic mass is 19.1. The summed E-state index contributed by atoms with van der Waals surface area (Å²) in [4.78, 5) is 0. The number of ether oxygens (including phenoxy) is 2. The first-order valence-corrected chi connectivity index (χ1v) is 6.21. The van der Waals surface area contributed by atoms with E-state index in [2.05, 4.69) is 0 Å². The zero-order chi connectivity index (χ0) is 13.3. The van der Waals surface area contributed by atoms with Gasteiger partial charge in [-0.1, -0.05) is 6.42 Å². The van der Waals surface area contributed by atoms with Crippen LogP contribution < -0.4 is 15.2 Å². The summed E-state index contributed by atoms with van der Waals surface area (Å²) in [6.07, 6.45) is 3.17. The molecular weight excluding hydrogens is 233 g/mol. The summed E-state index contributed by atoms with van der Waals surface area (Å²) in [5.41, 5.74) is 7.70. The highest BCUT2D eigenvalue weighted by Gasteiger charge is 2.40. The van der Waals surface area contributed by atoms with Gasteiger partial charge in [0.25, 0.3) is 0 Å². The van der Waals surface area contributed by atoms with Gasteiger partial charge in [-0.3, -0.25) is 0 Å². The van der Waals surface area contributed by atoms with E-state index in [1.807, 2.05) is 6.92 Å². The molecule has 3 nitrogen and oxygen atoms in total. The second-order valence-corrected chi connectivity index (χ2v) is 4.94. The second-order valence-electron chi connectivity index (χ2n) is 4.94. The molecule has 0 bridgehead atoms. The zero-order valence-electron chi connectivity index (χ0n) is 11.2. The molecule has 0 heterocycles. The standard InChI is InChI=1S/C14H20FNO2/c1-9-10(14(8-16)5-4-6-14)7-11(15)13(18-3)12(9)17-2/h7H,4-6,8,16H2,1-3H3. The summed E-state index contributed by atoms with van der Waals surface area (Å²) >= 11 is 0. The Balaban J connectivity index is 2.59. The summed E-state index contributed by atoms with van der Waals surface area (Å²) in [7, 11) is 2.98. The lowest BCUT2D eigenvalue weighted by atomic mass is 9.63. The average molecular weight is 253 g/mol. The molecule has 4 heteroatoms. The molecule has 2 N–H and O–H groups in total. The molecule has 0 amide bonds. The minimum Gasteiger partial charge on any atom is -0.492 e. The van der Waals surface area contributed by atoms with Crippen molar-refractivity contribution < 1.29 is 13.9 Å². The molecule has 0 radical (unpaired) electrons. The normalized spacial score (nSPS) is 17.2. The van der Waals surface area contributed by atoms with Crippen LogP contribution in [0.25, 0.3) is 0 Å². The Bertz CT molecular complexity index is 450. The fourth-order valence-corrected chi connectivity index (χ4v) is 2.88. The topological polar surface area (TPSA) is 44.5 Å². The van der Waals surface area contributed by atoms with E-state index in [4.69, 9.17) is 15.2 Å². The first-order chi connectivity index (χ1) is 8.59. The first kappa shape index (κ1) is 13.1. The Labute approximate surface area is 107 Å². The summed E-state index contributed by atoms with van der Waals surface area (Å²) in [6, 6.07) is 1.56. The third-order valence-electron chi connectivity index (χ3n) is 4.12. The Kier molecular flexibility index (Phi) is 3.48. The van der Waals surface area contributed by atoms with Gasteiger partial charge in [0.05, 0.1) is 14.2 Å². The lowest BCUT2D eigenvalue weighted by molar-refractivity contribution is 0.248. The molecule has 0 spiro atoms. The van der Waals surface area contributed by atoms with E-state index in [9.17, 15) is 4.39 Å². The van der Waals surface area contributed by atoms with Crippen LogP contribution in [0.1, 0.15) is 30.4 Å². The average Bonchev–Trinajstić information content (AvgIpc) is 2.31. The zero-order valence-corrected chi connectivity index (χ0v) is 11.2. The van der Waals surface area contributed by atoms with Crippen LogP contribution in [0.5, 0.6) is 11.5 Å². The largest absolute Gasteiger partial charge is 0.492 e. The number of methoxy groups -OCH3 is 2. The summed E-state index contributed by atoms with van der Waals surface area (Å²) < 4.78 is 24.4. The van der Waals surface area contributed by atoms with Crippen LogP contribution in [0, 0.1) is 12.7 Å². The highest BCUT2D eigenvalue weighted by Crippen LogP contribution is 2.48. The Hall–Kier alpha value is -1.29. The molecule has 1 aromatic rings. The maximum atomic E-state index is 14.1. The fourth-order valence-electron chi connectivity index (χ4n) is 2.88.